The number of rotatable bonds is 4. The Kier molecular flexibility index (Phi) is 5.19. The van der Waals surface area contributed by atoms with Crippen molar-refractivity contribution in [3.05, 3.63) is 58.4 Å². The lowest BCUT2D eigenvalue weighted by Crippen LogP contribution is -2.38. The van der Waals surface area contributed by atoms with Crippen molar-refractivity contribution in [2.45, 2.75) is 39.3 Å². The number of pyridine rings is 1. The van der Waals surface area contributed by atoms with E-state index in [1.165, 1.54) is 11.1 Å². The number of aryl methyl sites for hydroxylation is 2. The number of aromatic nitrogens is 1. The first-order chi connectivity index (χ1) is 11.1. The number of benzene rings is 1. The number of piperidine rings is 1. The van der Waals surface area contributed by atoms with Gasteiger partial charge in [0.1, 0.15) is 17.0 Å². The Bertz CT molecular complexity index is 666. The van der Waals surface area contributed by atoms with Crippen molar-refractivity contribution < 1.29 is 4.74 Å². The molecule has 1 saturated heterocycles. The average Bonchev–Trinajstić information content (AvgIpc) is 2.55. The van der Waals surface area contributed by atoms with Crippen molar-refractivity contribution in [2.24, 2.45) is 0 Å². The predicted octanol–water partition coefficient (Wildman–Crippen LogP) is 4.40. The van der Waals surface area contributed by atoms with Crippen molar-refractivity contribution in [3.63, 3.8) is 0 Å². The van der Waals surface area contributed by atoms with Gasteiger partial charge in [-0.1, -0.05) is 29.8 Å². The maximum Gasteiger partial charge on any atom is 0.133 e. The van der Waals surface area contributed by atoms with E-state index < -0.39 is 0 Å². The zero-order chi connectivity index (χ0) is 16.2. The van der Waals surface area contributed by atoms with Crippen molar-refractivity contribution >= 4 is 11.6 Å². The maximum atomic E-state index is 6.22. The zero-order valence-corrected chi connectivity index (χ0v) is 14.5. The minimum atomic E-state index is 0.302. The summed E-state index contributed by atoms with van der Waals surface area (Å²) in [5.41, 5.74) is 3.55. The van der Waals surface area contributed by atoms with Gasteiger partial charge in [-0.3, -0.25) is 4.90 Å². The Labute approximate surface area is 143 Å². The van der Waals surface area contributed by atoms with Gasteiger partial charge in [0.05, 0.1) is 0 Å². The van der Waals surface area contributed by atoms with Crippen LogP contribution in [0.4, 0.5) is 0 Å². The van der Waals surface area contributed by atoms with E-state index in [2.05, 4.69) is 41.9 Å². The van der Waals surface area contributed by atoms with Gasteiger partial charge in [-0.15, -0.1) is 0 Å². The van der Waals surface area contributed by atoms with Crippen LogP contribution in [0, 0.1) is 13.8 Å². The lowest BCUT2D eigenvalue weighted by atomic mass is 10.1. The summed E-state index contributed by atoms with van der Waals surface area (Å²) in [6.07, 6.45) is 4.13. The topological polar surface area (TPSA) is 25.4 Å². The molecule has 0 bridgehead atoms. The van der Waals surface area contributed by atoms with Crippen LogP contribution in [0.25, 0.3) is 0 Å². The summed E-state index contributed by atoms with van der Waals surface area (Å²) in [4.78, 5) is 6.57. The summed E-state index contributed by atoms with van der Waals surface area (Å²) < 4.78 is 6.22. The molecule has 1 aromatic heterocycles. The van der Waals surface area contributed by atoms with Crippen LogP contribution >= 0.6 is 11.6 Å². The molecule has 2 aromatic rings. The van der Waals surface area contributed by atoms with Crippen molar-refractivity contribution in [2.75, 3.05) is 13.1 Å². The molecule has 23 heavy (non-hydrogen) atoms. The summed E-state index contributed by atoms with van der Waals surface area (Å²) in [6.45, 7) is 7.13. The number of ether oxygens (including phenoxy) is 1. The van der Waals surface area contributed by atoms with E-state index in [0.29, 0.717) is 11.3 Å². The van der Waals surface area contributed by atoms with Crippen LogP contribution in [0.1, 0.15) is 29.5 Å². The first kappa shape index (κ1) is 16.3. The van der Waals surface area contributed by atoms with E-state index in [1.807, 2.05) is 12.1 Å². The predicted molar refractivity (Wildman–Crippen MR) is 94.1 cm³/mol. The molecule has 1 aliphatic heterocycles. The molecule has 0 aliphatic carbocycles. The zero-order valence-electron chi connectivity index (χ0n) is 13.8. The molecule has 2 heterocycles. The Balaban J connectivity index is 1.54. The van der Waals surface area contributed by atoms with Gasteiger partial charge in [0.25, 0.3) is 0 Å². The number of hydrogen-bond donors (Lipinski definition) is 0. The largest absolute Gasteiger partial charge is 0.490 e. The van der Waals surface area contributed by atoms with Crippen LogP contribution in [0.3, 0.4) is 0 Å². The SMILES string of the molecule is Cc1ccc(C)c(OC2CCN(Cc3cccnc3Cl)CC2)c1. The van der Waals surface area contributed by atoms with Gasteiger partial charge in [0, 0.05) is 31.4 Å². The van der Waals surface area contributed by atoms with Crippen LogP contribution in [-0.4, -0.2) is 29.1 Å². The highest BCUT2D eigenvalue weighted by atomic mass is 35.5. The van der Waals surface area contributed by atoms with Crippen LogP contribution in [0.5, 0.6) is 5.75 Å². The van der Waals surface area contributed by atoms with E-state index in [9.17, 15) is 0 Å². The van der Waals surface area contributed by atoms with Gasteiger partial charge < -0.3 is 4.74 Å². The highest BCUT2D eigenvalue weighted by Gasteiger charge is 2.21. The molecule has 0 radical (unpaired) electrons. The Morgan fingerprint density at radius 3 is 2.74 bits per heavy atom. The molecular formula is C19H23ClN2O. The van der Waals surface area contributed by atoms with Crippen LogP contribution < -0.4 is 4.74 Å². The monoisotopic (exact) mass is 330 g/mol. The minimum Gasteiger partial charge on any atom is -0.490 e. The molecule has 3 rings (SSSR count). The van der Waals surface area contributed by atoms with Crippen LogP contribution in [0.15, 0.2) is 36.5 Å². The van der Waals surface area contributed by atoms with Crippen molar-refractivity contribution in [1.29, 1.82) is 0 Å². The van der Waals surface area contributed by atoms with Crippen molar-refractivity contribution in [1.82, 2.24) is 9.88 Å². The molecule has 122 valence electrons. The van der Waals surface area contributed by atoms with Crippen molar-refractivity contribution in [3.8, 4) is 5.75 Å². The highest BCUT2D eigenvalue weighted by molar-refractivity contribution is 6.30. The normalized spacial score (nSPS) is 16.5. The quantitative estimate of drug-likeness (QED) is 0.777. The number of nitrogens with zero attached hydrogens (tertiary/aromatic N) is 2. The standard InChI is InChI=1S/C19H23ClN2O/c1-14-5-6-15(2)18(12-14)23-17-7-10-22(11-8-17)13-16-4-3-9-21-19(16)20/h3-6,9,12,17H,7-8,10-11,13H2,1-2H3. The number of halogens is 1. The average molecular weight is 331 g/mol. The molecule has 0 spiro atoms. The lowest BCUT2D eigenvalue weighted by molar-refractivity contribution is 0.0962. The van der Waals surface area contributed by atoms with Gasteiger partial charge >= 0.3 is 0 Å². The molecule has 0 atom stereocenters. The van der Waals surface area contributed by atoms with E-state index in [4.69, 9.17) is 16.3 Å². The molecule has 1 aromatic carbocycles. The molecule has 0 amide bonds. The third kappa shape index (κ3) is 4.24. The molecule has 4 heteroatoms. The fourth-order valence-corrected chi connectivity index (χ4v) is 3.16. The molecule has 1 fully saturated rings. The summed E-state index contributed by atoms with van der Waals surface area (Å²) in [5.74, 6) is 1.03. The molecule has 3 nitrogen and oxygen atoms in total. The Hall–Kier alpha value is -1.58. The van der Waals surface area contributed by atoms with Crippen LogP contribution in [-0.2, 0) is 6.54 Å². The number of likely N-dealkylation sites (tertiary alicyclic amines) is 1. The Morgan fingerprint density at radius 1 is 1.22 bits per heavy atom. The second kappa shape index (κ2) is 7.33. The molecule has 0 N–H and O–H groups in total. The van der Waals surface area contributed by atoms with E-state index in [-0.39, 0.29) is 0 Å². The second-order valence-electron chi connectivity index (χ2n) is 6.32. The van der Waals surface area contributed by atoms with E-state index in [1.54, 1.807) is 6.20 Å². The summed E-state index contributed by atoms with van der Waals surface area (Å²) >= 11 is 6.15. The first-order valence-electron chi connectivity index (χ1n) is 8.17. The molecule has 0 unspecified atom stereocenters. The molecule has 1 aliphatic rings. The first-order valence-corrected chi connectivity index (χ1v) is 8.55. The number of hydrogen-bond acceptors (Lipinski definition) is 3. The van der Waals surface area contributed by atoms with Gasteiger partial charge in [-0.05, 0) is 49.9 Å². The highest BCUT2D eigenvalue weighted by Crippen LogP contribution is 2.25. The Morgan fingerprint density at radius 2 is 2.00 bits per heavy atom. The second-order valence-corrected chi connectivity index (χ2v) is 6.67. The third-order valence-corrected chi connectivity index (χ3v) is 4.74. The molecule has 0 saturated carbocycles. The van der Waals surface area contributed by atoms with Gasteiger partial charge in [-0.25, -0.2) is 4.98 Å². The van der Waals surface area contributed by atoms with Crippen LogP contribution in [0.2, 0.25) is 5.15 Å². The smallest absolute Gasteiger partial charge is 0.133 e. The van der Waals surface area contributed by atoms with Gasteiger partial charge in [0.2, 0.25) is 0 Å². The van der Waals surface area contributed by atoms with Gasteiger partial charge in [0.15, 0.2) is 0 Å². The summed E-state index contributed by atoms with van der Waals surface area (Å²) in [6, 6.07) is 10.4. The fourth-order valence-electron chi connectivity index (χ4n) is 2.98. The summed E-state index contributed by atoms with van der Waals surface area (Å²) in [5, 5.41) is 0.612. The van der Waals surface area contributed by atoms with E-state index in [0.717, 1.165) is 43.8 Å². The van der Waals surface area contributed by atoms with E-state index >= 15 is 0 Å². The minimum absolute atomic E-state index is 0.302. The van der Waals surface area contributed by atoms with Gasteiger partial charge in [-0.2, -0.15) is 0 Å². The third-order valence-electron chi connectivity index (χ3n) is 4.40. The fraction of sp³-hybridized carbons (Fsp3) is 0.421. The molecular weight excluding hydrogens is 308 g/mol. The summed E-state index contributed by atoms with van der Waals surface area (Å²) in [7, 11) is 0. The lowest BCUT2D eigenvalue weighted by Gasteiger charge is -2.32. The maximum absolute atomic E-state index is 6.22.